The standard InChI is InChI=1S/C24H22F3N5O2/c1-14-4-6-17(24(25,26)27)11-18(14)21-23-29-22(30-32(23)8-9-34-21)16-5-7-19(20(10-16)33-3)31-12-15(2)28-13-31/h4-7,10-13,21H,8-9H2,1-3H3. The van der Waals surface area contributed by atoms with E-state index < -0.39 is 17.8 Å². The van der Waals surface area contributed by atoms with Gasteiger partial charge >= 0.3 is 6.18 Å². The van der Waals surface area contributed by atoms with Crippen LogP contribution in [0.4, 0.5) is 13.2 Å². The molecule has 34 heavy (non-hydrogen) atoms. The van der Waals surface area contributed by atoms with Gasteiger partial charge in [-0.3, -0.25) is 0 Å². The van der Waals surface area contributed by atoms with Crippen molar-refractivity contribution in [3.63, 3.8) is 0 Å². The first-order valence-corrected chi connectivity index (χ1v) is 10.7. The molecule has 0 fully saturated rings. The monoisotopic (exact) mass is 469 g/mol. The number of ether oxygens (including phenoxy) is 2. The topological polar surface area (TPSA) is 67.0 Å². The highest BCUT2D eigenvalue weighted by Gasteiger charge is 2.34. The molecular formula is C24H22F3N5O2. The van der Waals surface area contributed by atoms with Crippen molar-refractivity contribution in [1.82, 2.24) is 24.3 Å². The van der Waals surface area contributed by atoms with Crippen molar-refractivity contribution in [1.29, 1.82) is 0 Å². The molecule has 5 rings (SSSR count). The Labute approximate surface area is 193 Å². The summed E-state index contributed by atoms with van der Waals surface area (Å²) in [5, 5.41) is 4.61. The molecule has 4 aromatic rings. The summed E-state index contributed by atoms with van der Waals surface area (Å²) in [5.41, 5.74) is 2.82. The summed E-state index contributed by atoms with van der Waals surface area (Å²) in [7, 11) is 1.58. The van der Waals surface area contributed by atoms with Crippen molar-refractivity contribution >= 4 is 0 Å². The molecule has 0 radical (unpaired) electrons. The van der Waals surface area contributed by atoms with Gasteiger partial charge < -0.3 is 14.0 Å². The van der Waals surface area contributed by atoms with E-state index in [0.717, 1.165) is 29.1 Å². The number of fused-ring (bicyclic) bond motifs is 1. The molecule has 1 atom stereocenters. The molecule has 0 aliphatic carbocycles. The second kappa shape index (κ2) is 8.28. The second-order valence-corrected chi connectivity index (χ2v) is 8.15. The molecule has 176 valence electrons. The molecule has 0 saturated carbocycles. The average molecular weight is 469 g/mol. The van der Waals surface area contributed by atoms with E-state index in [1.807, 2.05) is 35.9 Å². The first-order valence-electron chi connectivity index (χ1n) is 10.7. The lowest BCUT2D eigenvalue weighted by Gasteiger charge is -2.25. The van der Waals surface area contributed by atoms with Crippen LogP contribution in [0, 0.1) is 13.8 Å². The van der Waals surface area contributed by atoms with Crippen LogP contribution in [0.25, 0.3) is 17.1 Å². The fraction of sp³-hybridized carbons (Fsp3) is 0.292. The molecule has 2 aromatic carbocycles. The molecule has 0 saturated heterocycles. The summed E-state index contributed by atoms with van der Waals surface area (Å²) in [4.78, 5) is 8.92. The lowest BCUT2D eigenvalue weighted by atomic mass is 9.99. The fourth-order valence-corrected chi connectivity index (χ4v) is 4.08. The van der Waals surface area contributed by atoms with Crippen LogP contribution in [0.15, 0.2) is 48.9 Å². The first kappa shape index (κ1) is 22.1. The molecule has 7 nitrogen and oxygen atoms in total. The van der Waals surface area contributed by atoms with Gasteiger partial charge in [0, 0.05) is 11.8 Å². The minimum Gasteiger partial charge on any atom is -0.495 e. The summed E-state index contributed by atoms with van der Waals surface area (Å²) >= 11 is 0. The molecular weight excluding hydrogens is 447 g/mol. The number of nitrogens with zero attached hydrogens (tertiary/aromatic N) is 5. The minimum atomic E-state index is -4.44. The second-order valence-electron chi connectivity index (χ2n) is 8.15. The van der Waals surface area contributed by atoms with Gasteiger partial charge in [0.2, 0.25) is 0 Å². The molecule has 10 heteroatoms. The lowest BCUT2D eigenvalue weighted by Crippen LogP contribution is -2.24. The lowest BCUT2D eigenvalue weighted by molar-refractivity contribution is -0.137. The molecule has 0 spiro atoms. The number of hydrogen-bond acceptors (Lipinski definition) is 5. The SMILES string of the molecule is COc1cc(-c2nc3n(n2)CCOC3c2cc(C(F)(F)F)ccc2C)ccc1-n1cnc(C)c1. The van der Waals surface area contributed by atoms with Gasteiger partial charge in [-0.1, -0.05) is 6.07 Å². The number of methoxy groups -OCH3 is 1. The Morgan fingerprint density at radius 2 is 1.94 bits per heavy atom. The summed E-state index contributed by atoms with van der Waals surface area (Å²) in [6, 6.07) is 9.26. The normalized spacial score (nSPS) is 15.9. The third-order valence-corrected chi connectivity index (χ3v) is 5.84. The largest absolute Gasteiger partial charge is 0.495 e. The van der Waals surface area contributed by atoms with Gasteiger partial charge in [-0.05, 0) is 55.3 Å². The molecule has 3 heterocycles. The molecule has 1 aliphatic heterocycles. The highest BCUT2D eigenvalue weighted by molar-refractivity contribution is 5.63. The number of halogens is 3. The van der Waals surface area contributed by atoms with E-state index in [0.29, 0.717) is 41.7 Å². The van der Waals surface area contributed by atoms with Crippen molar-refractivity contribution in [2.24, 2.45) is 0 Å². The highest BCUT2D eigenvalue weighted by Crippen LogP contribution is 2.37. The van der Waals surface area contributed by atoms with Crippen LogP contribution in [0.1, 0.15) is 34.3 Å². The van der Waals surface area contributed by atoms with Gasteiger partial charge in [0.25, 0.3) is 0 Å². The summed E-state index contributed by atoms with van der Waals surface area (Å²) < 4.78 is 55.0. The van der Waals surface area contributed by atoms with Crippen molar-refractivity contribution in [3.8, 4) is 22.8 Å². The van der Waals surface area contributed by atoms with Crippen LogP contribution < -0.4 is 4.74 Å². The third kappa shape index (κ3) is 3.94. The smallest absolute Gasteiger partial charge is 0.416 e. The number of alkyl halides is 3. The maximum absolute atomic E-state index is 13.3. The van der Waals surface area contributed by atoms with E-state index in [-0.39, 0.29) is 0 Å². The van der Waals surface area contributed by atoms with E-state index in [1.54, 1.807) is 25.0 Å². The zero-order valence-electron chi connectivity index (χ0n) is 18.8. The van der Waals surface area contributed by atoms with Gasteiger partial charge in [-0.25, -0.2) is 14.6 Å². The highest BCUT2D eigenvalue weighted by atomic mass is 19.4. The summed E-state index contributed by atoms with van der Waals surface area (Å²) in [6.45, 7) is 4.44. The van der Waals surface area contributed by atoms with Crippen molar-refractivity contribution in [3.05, 3.63) is 77.1 Å². The van der Waals surface area contributed by atoms with Crippen LogP contribution in [0.3, 0.4) is 0 Å². The summed E-state index contributed by atoms with van der Waals surface area (Å²) in [5.74, 6) is 1.53. The zero-order valence-corrected chi connectivity index (χ0v) is 18.8. The van der Waals surface area contributed by atoms with Crippen LogP contribution in [0.2, 0.25) is 0 Å². The summed E-state index contributed by atoms with van der Waals surface area (Å²) in [6.07, 6.45) is -1.58. The molecule has 1 aliphatic rings. The number of benzene rings is 2. The molecule has 0 N–H and O–H groups in total. The van der Waals surface area contributed by atoms with Gasteiger partial charge in [0.05, 0.1) is 43.5 Å². The third-order valence-electron chi connectivity index (χ3n) is 5.84. The molecule has 0 bridgehead atoms. The van der Waals surface area contributed by atoms with Gasteiger partial charge in [0.1, 0.15) is 11.9 Å². The Morgan fingerprint density at radius 3 is 2.65 bits per heavy atom. The number of aromatic nitrogens is 5. The Morgan fingerprint density at radius 1 is 1.12 bits per heavy atom. The number of imidazole rings is 1. The van der Waals surface area contributed by atoms with E-state index in [4.69, 9.17) is 9.47 Å². The zero-order chi connectivity index (χ0) is 24.0. The molecule has 2 aromatic heterocycles. The van der Waals surface area contributed by atoms with E-state index in [2.05, 4.69) is 15.1 Å². The number of hydrogen-bond donors (Lipinski definition) is 0. The van der Waals surface area contributed by atoms with Crippen molar-refractivity contribution in [2.45, 2.75) is 32.7 Å². The molecule has 0 amide bonds. The van der Waals surface area contributed by atoms with Gasteiger partial charge in [-0.2, -0.15) is 18.3 Å². The minimum absolute atomic E-state index is 0.318. The maximum atomic E-state index is 13.3. The van der Waals surface area contributed by atoms with Gasteiger partial charge in [-0.15, -0.1) is 0 Å². The first-order chi connectivity index (χ1) is 16.2. The molecule has 1 unspecified atom stereocenters. The van der Waals surface area contributed by atoms with Crippen LogP contribution in [0.5, 0.6) is 5.75 Å². The predicted octanol–water partition coefficient (Wildman–Crippen LogP) is 4.89. The van der Waals surface area contributed by atoms with Gasteiger partial charge in [0.15, 0.2) is 11.6 Å². The predicted molar refractivity (Wildman–Crippen MR) is 118 cm³/mol. The van der Waals surface area contributed by atoms with E-state index in [9.17, 15) is 13.2 Å². The number of aryl methyl sites for hydroxylation is 2. The average Bonchev–Trinajstić information content (AvgIpc) is 3.44. The van der Waals surface area contributed by atoms with E-state index in [1.165, 1.54) is 6.07 Å². The Hall–Kier alpha value is -3.66. The Balaban J connectivity index is 1.54. The Bertz CT molecular complexity index is 1360. The van der Waals surface area contributed by atoms with Crippen molar-refractivity contribution in [2.75, 3.05) is 13.7 Å². The van der Waals surface area contributed by atoms with E-state index >= 15 is 0 Å². The quantitative estimate of drug-likeness (QED) is 0.426. The van der Waals surface area contributed by atoms with Crippen LogP contribution >= 0.6 is 0 Å². The number of rotatable bonds is 4. The maximum Gasteiger partial charge on any atom is 0.416 e. The Kier molecular flexibility index (Phi) is 5.40. The van der Waals surface area contributed by atoms with Crippen molar-refractivity contribution < 1.29 is 22.6 Å². The van der Waals surface area contributed by atoms with Crippen LogP contribution in [-0.2, 0) is 17.5 Å². The fourth-order valence-electron chi connectivity index (χ4n) is 4.08. The van der Waals surface area contributed by atoms with Crippen LogP contribution in [-0.4, -0.2) is 38.0 Å².